The Hall–Kier alpha value is -1.89. The molecule has 0 atom stereocenters. The van der Waals surface area contributed by atoms with Crippen LogP contribution < -0.4 is 0 Å². The first-order valence-corrected chi connectivity index (χ1v) is 7.74. The fourth-order valence-electron chi connectivity index (χ4n) is 1.67. The number of hydrogen-bond donors (Lipinski definition) is 0. The molecule has 0 aliphatic carbocycles. The summed E-state index contributed by atoms with van der Waals surface area (Å²) in [7, 11) is 0. The van der Waals surface area contributed by atoms with Gasteiger partial charge in [0.25, 0.3) is 0 Å². The van der Waals surface area contributed by atoms with Crippen LogP contribution in [0.1, 0.15) is 16.1 Å². The van der Waals surface area contributed by atoms with Gasteiger partial charge in [-0.2, -0.15) is 0 Å². The lowest BCUT2D eigenvalue weighted by atomic mass is 10.3. The van der Waals surface area contributed by atoms with E-state index in [0.717, 1.165) is 4.88 Å². The number of rotatable bonds is 4. The maximum absolute atomic E-state index is 11.9. The van der Waals surface area contributed by atoms with Crippen molar-refractivity contribution >= 4 is 40.5 Å². The molecule has 3 rings (SSSR count). The van der Waals surface area contributed by atoms with Crippen molar-refractivity contribution in [3.05, 3.63) is 57.3 Å². The average molecular weight is 355 g/mol. The third-order valence-corrected chi connectivity index (χ3v) is 4.28. The summed E-state index contributed by atoms with van der Waals surface area (Å²) in [5.41, 5.74) is 0.737. The molecule has 0 radical (unpaired) electrons. The lowest BCUT2D eigenvalue weighted by Crippen LogP contribution is -2.06. The molecule has 0 spiro atoms. The summed E-state index contributed by atoms with van der Waals surface area (Å²) in [6.45, 7) is -0.00600. The molecule has 8 heteroatoms. The van der Waals surface area contributed by atoms with E-state index in [1.54, 1.807) is 6.07 Å². The van der Waals surface area contributed by atoms with Gasteiger partial charge in [0, 0.05) is 12.3 Å². The molecule has 0 saturated heterocycles. The Morgan fingerprint density at radius 2 is 2.23 bits per heavy atom. The van der Waals surface area contributed by atoms with Crippen LogP contribution in [0.4, 0.5) is 0 Å². The molecule has 0 saturated carbocycles. The summed E-state index contributed by atoms with van der Waals surface area (Å²) >= 11 is 13.0. The van der Waals surface area contributed by atoms with Gasteiger partial charge in [0.1, 0.15) is 17.5 Å². The van der Waals surface area contributed by atoms with Crippen LogP contribution >= 0.6 is 34.5 Å². The standard InChI is InChI=1S/C14H8Cl2N2O3S/c15-10-4-8(6-17-13(10)16)14(19)20-7-9-5-11(21-18-9)12-2-1-3-22-12/h1-6H,7H2. The van der Waals surface area contributed by atoms with Crippen molar-refractivity contribution in [2.24, 2.45) is 0 Å². The molecule has 0 N–H and O–H groups in total. The second-order valence-corrected chi connectivity index (χ2v) is 5.95. The van der Waals surface area contributed by atoms with Gasteiger partial charge in [-0.05, 0) is 17.5 Å². The quantitative estimate of drug-likeness (QED) is 0.511. The van der Waals surface area contributed by atoms with Crippen LogP contribution in [-0.2, 0) is 11.3 Å². The van der Waals surface area contributed by atoms with Gasteiger partial charge in [0.15, 0.2) is 5.76 Å². The molecule has 3 heterocycles. The van der Waals surface area contributed by atoms with E-state index in [0.29, 0.717) is 11.5 Å². The van der Waals surface area contributed by atoms with Crippen LogP contribution in [0.3, 0.4) is 0 Å². The van der Waals surface area contributed by atoms with Crippen LogP contribution in [0.15, 0.2) is 40.4 Å². The van der Waals surface area contributed by atoms with E-state index in [1.807, 2.05) is 17.5 Å². The Morgan fingerprint density at radius 1 is 1.36 bits per heavy atom. The van der Waals surface area contributed by atoms with Gasteiger partial charge in [-0.15, -0.1) is 11.3 Å². The minimum atomic E-state index is -0.563. The minimum Gasteiger partial charge on any atom is -0.455 e. The van der Waals surface area contributed by atoms with Crippen molar-refractivity contribution < 1.29 is 14.1 Å². The molecule has 22 heavy (non-hydrogen) atoms. The number of carbonyl (C=O) groups is 1. The highest BCUT2D eigenvalue weighted by molar-refractivity contribution is 7.13. The third kappa shape index (κ3) is 3.30. The molecule has 0 bridgehead atoms. The zero-order valence-electron chi connectivity index (χ0n) is 11.0. The molecule has 3 aromatic rings. The number of nitrogens with zero attached hydrogens (tertiary/aromatic N) is 2. The average Bonchev–Trinajstić information content (AvgIpc) is 3.18. The van der Waals surface area contributed by atoms with E-state index in [4.69, 9.17) is 32.5 Å². The first kappa shape index (κ1) is 15.0. The number of halogens is 2. The molecule has 112 valence electrons. The van der Waals surface area contributed by atoms with Gasteiger partial charge >= 0.3 is 5.97 Å². The second-order valence-electron chi connectivity index (χ2n) is 4.23. The Labute approximate surface area is 139 Å². The van der Waals surface area contributed by atoms with E-state index < -0.39 is 5.97 Å². The summed E-state index contributed by atoms with van der Waals surface area (Å²) in [4.78, 5) is 16.6. The SMILES string of the molecule is O=C(OCc1cc(-c2cccs2)on1)c1cnc(Cl)c(Cl)c1. The van der Waals surface area contributed by atoms with Gasteiger partial charge in [0.05, 0.1) is 15.5 Å². The van der Waals surface area contributed by atoms with Crippen molar-refractivity contribution in [1.82, 2.24) is 10.1 Å². The number of carbonyl (C=O) groups excluding carboxylic acids is 1. The highest BCUT2D eigenvalue weighted by atomic mass is 35.5. The maximum Gasteiger partial charge on any atom is 0.340 e. The van der Waals surface area contributed by atoms with Crippen LogP contribution in [0.5, 0.6) is 0 Å². The molecule has 0 aromatic carbocycles. The summed E-state index contributed by atoms with van der Waals surface area (Å²) in [6.07, 6.45) is 1.30. The highest BCUT2D eigenvalue weighted by Crippen LogP contribution is 2.25. The zero-order valence-corrected chi connectivity index (χ0v) is 13.3. The van der Waals surface area contributed by atoms with Gasteiger partial charge in [-0.25, -0.2) is 9.78 Å². The molecule has 3 aromatic heterocycles. The number of aromatic nitrogens is 2. The Morgan fingerprint density at radius 3 is 2.95 bits per heavy atom. The molecule has 0 unspecified atom stereocenters. The van der Waals surface area contributed by atoms with Gasteiger partial charge < -0.3 is 9.26 Å². The molecular formula is C14H8Cl2N2O3S. The lowest BCUT2D eigenvalue weighted by molar-refractivity contribution is 0.0464. The summed E-state index contributed by atoms with van der Waals surface area (Å²) < 4.78 is 10.3. The number of pyridine rings is 1. The number of thiophene rings is 1. The minimum absolute atomic E-state index is 0.00600. The first-order valence-electron chi connectivity index (χ1n) is 6.11. The van der Waals surface area contributed by atoms with Crippen LogP contribution in [0, 0.1) is 0 Å². The second kappa shape index (κ2) is 6.48. The highest BCUT2D eigenvalue weighted by Gasteiger charge is 2.13. The molecule has 0 aliphatic rings. The fourth-order valence-corrected chi connectivity index (χ4v) is 2.61. The van der Waals surface area contributed by atoms with Crippen molar-refractivity contribution in [3.8, 4) is 10.6 Å². The van der Waals surface area contributed by atoms with E-state index in [1.165, 1.54) is 23.6 Å². The molecule has 5 nitrogen and oxygen atoms in total. The van der Waals surface area contributed by atoms with Gasteiger partial charge in [-0.1, -0.05) is 34.4 Å². The van der Waals surface area contributed by atoms with Crippen LogP contribution in [-0.4, -0.2) is 16.1 Å². The fraction of sp³-hybridized carbons (Fsp3) is 0.0714. The number of hydrogen-bond acceptors (Lipinski definition) is 6. The van der Waals surface area contributed by atoms with Crippen molar-refractivity contribution in [2.45, 2.75) is 6.61 Å². The molecule has 0 aliphatic heterocycles. The van der Waals surface area contributed by atoms with Gasteiger partial charge in [0.2, 0.25) is 0 Å². The Balaban J connectivity index is 1.65. The Kier molecular flexibility index (Phi) is 4.42. The van der Waals surface area contributed by atoms with E-state index in [2.05, 4.69) is 10.1 Å². The maximum atomic E-state index is 11.9. The normalized spacial score (nSPS) is 10.6. The molecule has 0 fully saturated rings. The van der Waals surface area contributed by atoms with E-state index in [-0.39, 0.29) is 22.3 Å². The van der Waals surface area contributed by atoms with Crippen LogP contribution in [0.2, 0.25) is 10.2 Å². The predicted molar refractivity (Wildman–Crippen MR) is 83.2 cm³/mol. The molecular weight excluding hydrogens is 347 g/mol. The van der Waals surface area contributed by atoms with Crippen LogP contribution in [0.25, 0.3) is 10.6 Å². The van der Waals surface area contributed by atoms with Crippen molar-refractivity contribution in [1.29, 1.82) is 0 Å². The Bertz CT molecular complexity index is 802. The van der Waals surface area contributed by atoms with E-state index in [9.17, 15) is 4.79 Å². The van der Waals surface area contributed by atoms with Gasteiger partial charge in [-0.3, -0.25) is 0 Å². The third-order valence-electron chi connectivity index (χ3n) is 2.71. The predicted octanol–water partition coefficient (Wildman–Crippen LogP) is 4.46. The zero-order chi connectivity index (χ0) is 15.5. The summed E-state index contributed by atoms with van der Waals surface area (Å²) in [5, 5.41) is 6.13. The lowest BCUT2D eigenvalue weighted by Gasteiger charge is -2.03. The van der Waals surface area contributed by atoms with E-state index >= 15 is 0 Å². The largest absolute Gasteiger partial charge is 0.455 e. The summed E-state index contributed by atoms with van der Waals surface area (Å²) in [5.74, 6) is 0.0731. The smallest absolute Gasteiger partial charge is 0.340 e. The summed E-state index contributed by atoms with van der Waals surface area (Å²) in [6, 6.07) is 6.97. The van der Waals surface area contributed by atoms with Crippen molar-refractivity contribution in [3.63, 3.8) is 0 Å². The van der Waals surface area contributed by atoms with Crippen molar-refractivity contribution in [2.75, 3.05) is 0 Å². The first-order chi connectivity index (χ1) is 10.6. The topological polar surface area (TPSA) is 65.2 Å². The number of esters is 1. The monoisotopic (exact) mass is 354 g/mol. The molecule has 0 amide bonds. The number of ether oxygens (including phenoxy) is 1.